The summed E-state index contributed by atoms with van der Waals surface area (Å²) in [5.74, 6) is 0.834. The van der Waals surface area contributed by atoms with Gasteiger partial charge < -0.3 is 14.7 Å². The lowest BCUT2D eigenvalue weighted by atomic mass is 9.89. The van der Waals surface area contributed by atoms with Crippen molar-refractivity contribution in [1.82, 2.24) is 4.90 Å². The van der Waals surface area contributed by atoms with Gasteiger partial charge in [-0.05, 0) is 43.0 Å². The first-order valence-electron chi connectivity index (χ1n) is 6.74. The highest BCUT2D eigenvalue weighted by atomic mass is 16.5. The Hall–Kier alpha value is -2.06. The van der Waals surface area contributed by atoms with Crippen LogP contribution in [0.15, 0.2) is 24.3 Å². The van der Waals surface area contributed by atoms with Gasteiger partial charge in [-0.25, -0.2) is 0 Å². The fourth-order valence-corrected chi connectivity index (χ4v) is 2.53. The maximum absolute atomic E-state index is 11.9. The van der Waals surface area contributed by atoms with Gasteiger partial charge in [-0.2, -0.15) is 5.26 Å². The van der Waals surface area contributed by atoms with Crippen molar-refractivity contribution >= 4 is 5.91 Å². The second-order valence-corrected chi connectivity index (χ2v) is 5.55. The zero-order valence-corrected chi connectivity index (χ0v) is 11.1. The number of aliphatic hydroxyl groups is 1. The van der Waals surface area contributed by atoms with Crippen molar-refractivity contribution in [3.63, 3.8) is 0 Å². The molecule has 0 bridgehead atoms. The second kappa shape index (κ2) is 4.80. The average molecular weight is 272 g/mol. The third kappa shape index (κ3) is 2.47. The van der Waals surface area contributed by atoms with Gasteiger partial charge in [-0.1, -0.05) is 0 Å². The van der Waals surface area contributed by atoms with Gasteiger partial charge in [0.05, 0.1) is 24.7 Å². The molecule has 1 aliphatic carbocycles. The van der Waals surface area contributed by atoms with Crippen LogP contribution in [0, 0.1) is 17.2 Å². The van der Waals surface area contributed by atoms with Gasteiger partial charge in [0.15, 0.2) is 6.61 Å². The number of carbonyl (C=O) groups is 1. The van der Waals surface area contributed by atoms with Crippen molar-refractivity contribution in [2.45, 2.75) is 18.4 Å². The van der Waals surface area contributed by atoms with Gasteiger partial charge in [0.2, 0.25) is 0 Å². The molecule has 5 nitrogen and oxygen atoms in total. The van der Waals surface area contributed by atoms with Crippen molar-refractivity contribution < 1.29 is 14.6 Å². The fourth-order valence-electron chi connectivity index (χ4n) is 2.53. The van der Waals surface area contributed by atoms with Crippen LogP contribution >= 0.6 is 0 Å². The normalized spacial score (nSPS) is 19.9. The van der Waals surface area contributed by atoms with Crippen LogP contribution in [0.3, 0.4) is 0 Å². The SMILES string of the molecule is N#Cc1ccc(OCC(=O)N2CC(O)(C3CC3)C2)cc1. The van der Waals surface area contributed by atoms with Crippen LogP contribution in [0.4, 0.5) is 0 Å². The molecular formula is C15H16N2O3. The molecule has 20 heavy (non-hydrogen) atoms. The van der Waals surface area contributed by atoms with E-state index >= 15 is 0 Å². The fraction of sp³-hybridized carbons (Fsp3) is 0.467. The Bertz CT molecular complexity index is 551. The molecule has 1 amide bonds. The Labute approximate surface area is 117 Å². The van der Waals surface area contributed by atoms with Crippen LogP contribution < -0.4 is 4.74 Å². The molecule has 0 spiro atoms. The summed E-state index contributed by atoms with van der Waals surface area (Å²) >= 11 is 0. The van der Waals surface area contributed by atoms with Crippen LogP contribution in [-0.4, -0.2) is 41.2 Å². The van der Waals surface area contributed by atoms with E-state index in [0.717, 1.165) is 12.8 Å². The molecule has 1 aliphatic heterocycles. The Kier molecular flexibility index (Phi) is 3.11. The van der Waals surface area contributed by atoms with Gasteiger partial charge in [-0.15, -0.1) is 0 Å². The molecule has 104 valence electrons. The maximum Gasteiger partial charge on any atom is 0.260 e. The lowest BCUT2D eigenvalue weighted by molar-refractivity contribution is -0.161. The summed E-state index contributed by atoms with van der Waals surface area (Å²) in [7, 11) is 0. The highest BCUT2D eigenvalue weighted by Crippen LogP contribution is 2.44. The molecule has 1 saturated carbocycles. The second-order valence-electron chi connectivity index (χ2n) is 5.55. The van der Waals surface area contributed by atoms with Crippen molar-refractivity contribution in [3.8, 4) is 11.8 Å². The Morgan fingerprint density at radius 1 is 1.40 bits per heavy atom. The topological polar surface area (TPSA) is 73.6 Å². The molecule has 0 aromatic heterocycles. The number of ether oxygens (including phenoxy) is 1. The first-order valence-corrected chi connectivity index (χ1v) is 6.74. The third-order valence-corrected chi connectivity index (χ3v) is 3.97. The predicted octanol–water partition coefficient (Wildman–Crippen LogP) is 0.920. The van der Waals surface area contributed by atoms with Crippen molar-refractivity contribution in [2.24, 2.45) is 5.92 Å². The van der Waals surface area contributed by atoms with E-state index < -0.39 is 5.60 Å². The molecule has 0 radical (unpaired) electrons. The van der Waals surface area contributed by atoms with Crippen LogP contribution in [0.2, 0.25) is 0 Å². The maximum atomic E-state index is 11.9. The van der Waals surface area contributed by atoms with Gasteiger partial charge >= 0.3 is 0 Å². The summed E-state index contributed by atoms with van der Waals surface area (Å²) in [6, 6.07) is 8.66. The minimum absolute atomic E-state index is 0.0351. The zero-order valence-electron chi connectivity index (χ0n) is 11.1. The van der Waals surface area contributed by atoms with E-state index in [-0.39, 0.29) is 12.5 Å². The van der Waals surface area contributed by atoms with Crippen LogP contribution in [-0.2, 0) is 4.79 Å². The molecule has 0 unspecified atom stereocenters. The van der Waals surface area contributed by atoms with E-state index in [1.165, 1.54) is 0 Å². The number of nitrogens with zero attached hydrogens (tertiary/aromatic N) is 2. The number of nitriles is 1. The largest absolute Gasteiger partial charge is 0.484 e. The number of benzene rings is 1. The Morgan fingerprint density at radius 2 is 2.05 bits per heavy atom. The summed E-state index contributed by atoms with van der Waals surface area (Å²) in [6.45, 7) is 0.813. The van der Waals surface area contributed by atoms with Gasteiger partial charge in [-0.3, -0.25) is 4.79 Å². The highest BCUT2D eigenvalue weighted by molar-refractivity contribution is 5.79. The molecular weight excluding hydrogens is 256 g/mol. The van der Waals surface area contributed by atoms with Crippen LogP contribution in [0.1, 0.15) is 18.4 Å². The monoisotopic (exact) mass is 272 g/mol. The standard InChI is InChI=1S/C15H16N2O3/c16-7-11-1-5-13(6-2-11)20-8-14(18)17-9-15(19,10-17)12-3-4-12/h1-2,5-6,12,19H,3-4,8-10H2. The van der Waals surface area contributed by atoms with E-state index in [0.29, 0.717) is 30.3 Å². The third-order valence-electron chi connectivity index (χ3n) is 3.97. The Morgan fingerprint density at radius 3 is 2.60 bits per heavy atom. The summed E-state index contributed by atoms with van der Waals surface area (Å²) in [5, 5.41) is 18.8. The molecule has 2 aliphatic rings. The number of hydrogen-bond donors (Lipinski definition) is 1. The Balaban J connectivity index is 1.46. The molecule has 3 rings (SSSR count). The summed E-state index contributed by atoms with van der Waals surface area (Å²) in [6.07, 6.45) is 2.14. The van der Waals surface area contributed by atoms with Crippen molar-refractivity contribution in [2.75, 3.05) is 19.7 Å². The molecule has 2 fully saturated rings. The summed E-state index contributed by atoms with van der Waals surface area (Å²) < 4.78 is 5.39. The van der Waals surface area contributed by atoms with E-state index in [9.17, 15) is 9.90 Å². The van der Waals surface area contributed by atoms with Gasteiger partial charge in [0.25, 0.3) is 5.91 Å². The van der Waals surface area contributed by atoms with E-state index in [1.54, 1.807) is 29.2 Å². The number of β-amino-alcohol motifs (C(OH)–C–C–N with tert-alkyl or cyclic N) is 1. The van der Waals surface area contributed by atoms with Crippen molar-refractivity contribution in [1.29, 1.82) is 5.26 Å². The smallest absolute Gasteiger partial charge is 0.260 e. The number of rotatable bonds is 4. The van der Waals surface area contributed by atoms with E-state index in [4.69, 9.17) is 10.00 Å². The van der Waals surface area contributed by atoms with Crippen molar-refractivity contribution in [3.05, 3.63) is 29.8 Å². The molecule has 1 N–H and O–H groups in total. The number of amides is 1. The zero-order chi connectivity index (χ0) is 14.2. The average Bonchev–Trinajstić information content (AvgIpc) is 3.26. The number of carbonyl (C=O) groups excluding carboxylic acids is 1. The molecule has 1 aromatic carbocycles. The summed E-state index contributed by atoms with van der Waals surface area (Å²) in [4.78, 5) is 13.5. The molecule has 5 heteroatoms. The lowest BCUT2D eigenvalue weighted by Gasteiger charge is -2.46. The first-order chi connectivity index (χ1) is 9.60. The van der Waals surface area contributed by atoms with Gasteiger partial charge in [0, 0.05) is 0 Å². The van der Waals surface area contributed by atoms with E-state index in [1.807, 2.05) is 6.07 Å². The van der Waals surface area contributed by atoms with E-state index in [2.05, 4.69) is 0 Å². The number of likely N-dealkylation sites (tertiary alicyclic amines) is 1. The number of hydrogen-bond acceptors (Lipinski definition) is 4. The minimum Gasteiger partial charge on any atom is -0.484 e. The quantitative estimate of drug-likeness (QED) is 0.884. The summed E-state index contributed by atoms with van der Waals surface area (Å²) in [5.41, 5.74) is -0.0923. The van der Waals surface area contributed by atoms with Gasteiger partial charge in [0.1, 0.15) is 11.4 Å². The molecule has 1 saturated heterocycles. The first kappa shape index (κ1) is 12.9. The predicted molar refractivity (Wildman–Crippen MR) is 70.9 cm³/mol. The molecule has 0 atom stereocenters. The molecule has 1 heterocycles. The minimum atomic E-state index is -0.649. The lowest BCUT2D eigenvalue weighted by Crippen LogP contribution is -2.65. The molecule has 1 aromatic rings. The van der Waals surface area contributed by atoms with Crippen LogP contribution in [0.25, 0.3) is 0 Å². The van der Waals surface area contributed by atoms with Crippen LogP contribution in [0.5, 0.6) is 5.75 Å². The highest BCUT2D eigenvalue weighted by Gasteiger charge is 2.53.